The SMILES string of the molecule is Cc1cc2cc(CCNC(=O)C3CCC3)ccc2[nH]1. The summed E-state index contributed by atoms with van der Waals surface area (Å²) in [6.07, 6.45) is 4.25. The lowest BCUT2D eigenvalue weighted by Gasteiger charge is -2.24. The number of rotatable bonds is 4. The van der Waals surface area contributed by atoms with Gasteiger partial charge in [0.25, 0.3) is 0 Å². The van der Waals surface area contributed by atoms with Crippen LogP contribution in [0.3, 0.4) is 0 Å². The first-order valence-corrected chi connectivity index (χ1v) is 7.08. The van der Waals surface area contributed by atoms with Crippen molar-refractivity contribution in [2.24, 2.45) is 5.92 Å². The number of hydrogen-bond donors (Lipinski definition) is 2. The van der Waals surface area contributed by atoms with Crippen LogP contribution in [0.25, 0.3) is 10.9 Å². The first kappa shape index (κ1) is 12.3. The van der Waals surface area contributed by atoms with Crippen molar-refractivity contribution in [1.29, 1.82) is 0 Å². The predicted molar refractivity (Wildman–Crippen MR) is 77.1 cm³/mol. The standard InChI is InChI=1S/C16H20N2O/c1-11-9-14-10-12(5-6-15(14)18-11)7-8-17-16(19)13-3-2-4-13/h5-6,9-10,13,18H,2-4,7-8H2,1H3,(H,17,19). The van der Waals surface area contributed by atoms with E-state index in [0.717, 1.165) is 25.8 Å². The number of nitrogens with one attached hydrogen (secondary N) is 2. The van der Waals surface area contributed by atoms with Crippen LogP contribution < -0.4 is 5.32 Å². The Balaban J connectivity index is 1.57. The number of carbonyl (C=O) groups excluding carboxylic acids is 1. The van der Waals surface area contributed by atoms with E-state index < -0.39 is 0 Å². The van der Waals surface area contributed by atoms with Gasteiger partial charge in [-0.15, -0.1) is 0 Å². The van der Waals surface area contributed by atoms with E-state index >= 15 is 0 Å². The largest absolute Gasteiger partial charge is 0.359 e. The van der Waals surface area contributed by atoms with Crippen molar-refractivity contribution in [1.82, 2.24) is 10.3 Å². The van der Waals surface area contributed by atoms with E-state index in [1.54, 1.807) is 0 Å². The first-order chi connectivity index (χ1) is 9.22. The molecule has 1 fully saturated rings. The molecule has 0 unspecified atom stereocenters. The third-order valence-electron chi connectivity index (χ3n) is 4.01. The van der Waals surface area contributed by atoms with Gasteiger partial charge in [0.05, 0.1) is 0 Å². The van der Waals surface area contributed by atoms with Crippen LogP contribution in [0.1, 0.15) is 30.5 Å². The summed E-state index contributed by atoms with van der Waals surface area (Å²) in [6.45, 7) is 2.81. The van der Waals surface area contributed by atoms with Crippen molar-refractivity contribution in [2.45, 2.75) is 32.6 Å². The zero-order valence-corrected chi connectivity index (χ0v) is 11.3. The molecular formula is C16H20N2O. The number of amides is 1. The summed E-state index contributed by atoms with van der Waals surface area (Å²) in [5, 5.41) is 4.29. The minimum atomic E-state index is 0.241. The van der Waals surface area contributed by atoms with E-state index in [9.17, 15) is 4.79 Å². The average molecular weight is 256 g/mol. The Hall–Kier alpha value is -1.77. The minimum Gasteiger partial charge on any atom is -0.359 e. The summed E-state index contributed by atoms with van der Waals surface area (Å²) in [7, 11) is 0. The Morgan fingerprint density at radius 2 is 2.21 bits per heavy atom. The number of aromatic nitrogens is 1. The predicted octanol–water partition coefficient (Wildman–Crippen LogP) is 2.94. The summed E-state index contributed by atoms with van der Waals surface area (Å²) in [5.41, 5.74) is 3.64. The highest BCUT2D eigenvalue weighted by Gasteiger charge is 2.24. The third kappa shape index (κ3) is 2.65. The molecule has 1 amide bonds. The number of carbonyl (C=O) groups is 1. The second-order valence-electron chi connectivity index (χ2n) is 5.54. The number of H-pyrrole nitrogens is 1. The lowest BCUT2D eigenvalue weighted by atomic mass is 9.85. The maximum Gasteiger partial charge on any atom is 0.223 e. The van der Waals surface area contributed by atoms with Gasteiger partial charge in [-0.05, 0) is 55.3 Å². The molecule has 0 aliphatic heterocycles. The lowest BCUT2D eigenvalue weighted by Crippen LogP contribution is -2.35. The van der Waals surface area contributed by atoms with E-state index in [0.29, 0.717) is 0 Å². The van der Waals surface area contributed by atoms with Gasteiger partial charge in [-0.2, -0.15) is 0 Å². The molecule has 2 N–H and O–H groups in total. The van der Waals surface area contributed by atoms with E-state index in [4.69, 9.17) is 0 Å². The molecule has 3 heteroatoms. The monoisotopic (exact) mass is 256 g/mol. The van der Waals surface area contributed by atoms with Gasteiger partial charge in [0.2, 0.25) is 5.91 Å². The normalized spacial score (nSPS) is 15.4. The maximum atomic E-state index is 11.7. The van der Waals surface area contributed by atoms with Crippen LogP contribution in [0.2, 0.25) is 0 Å². The number of aromatic amines is 1. The topological polar surface area (TPSA) is 44.9 Å². The van der Waals surface area contributed by atoms with Gasteiger partial charge < -0.3 is 10.3 Å². The number of aryl methyl sites for hydroxylation is 1. The molecule has 0 spiro atoms. The minimum absolute atomic E-state index is 0.241. The van der Waals surface area contributed by atoms with E-state index in [2.05, 4.69) is 41.5 Å². The maximum absolute atomic E-state index is 11.7. The number of hydrogen-bond acceptors (Lipinski definition) is 1. The molecule has 1 heterocycles. The van der Waals surface area contributed by atoms with Gasteiger partial charge in [0.15, 0.2) is 0 Å². The highest BCUT2D eigenvalue weighted by Crippen LogP contribution is 2.26. The van der Waals surface area contributed by atoms with Crippen molar-refractivity contribution >= 4 is 16.8 Å². The third-order valence-corrected chi connectivity index (χ3v) is 4.01. The molecule has 19 heavy (non-hydrogen) atoms. The molecule has 3 rings (SSSR count). The van der Waals surface area contributed by atoms with Crippen LogP contribution in [-0.2, 0) is 11.2 Å². The summed E-state index contributed by atoms with van der Waals surface area (Å²) in [4.78, 5) is 15.0. The fraction of sp³-hybridized carbons (Fsp3) is 0.438. The van der Waals surface area contributed by atoms with Gasteiger partial charge in [-0.3, -0.25) is 4.79 Å². The smallest absolute Gasteiger partial charge is 0.223 e. The van der Waals surface area contributed by atoms with Crippen molar-refractivity contribution in [3.05, 3.63) is 35.5 Å². The Morgan fingerprint density at radius 3 is 2.95 bits per heavy atom. The quantitative estimate of drug-likeness (QED) is 0.868. The van der Waals surface area contributed by atoms with Gasteiger partial charge in [-0.1, -0.05) is 12.5 Å². The lowest BCUT2D eigenvalue weighted by molar-refractivity contribution is -0.127. The molecule has 1 aliphatic carbocycles. The Labute approximate surface area is 113 Å². The second kappa shape index (κ2) is 5.08. The molecule has 1 saturated carbocycles. The van der Waals surface area contributed by atoms with Crippen molar-refractivity contribution in [3.8, 4) is 0 Å². The molecule has 1 aromatic heterocycles. The van der Waals surface area contributed by atoms with E-state index in [1.165, 1.54) is 28.6 Å². The molecule has 0 saturated heterocycles. The second-order valence-corrected chi connectivity index (χ2v) is 5.54. The van der Waals surface area contributed by atoms with Crippen molar-refractivity contribution in [3.63, 3.8) is 0 Å². The van der Waals surface area contributed by atoms with Gasteiger partial charge in [-0.25, -0.2) is 0 Å². The number of benzene rings is 1. The van der Waals surface area contributed by atoms with Gasteiger partial charge >= 0.3 is 0 Å². The van der Waals surface area contributed by atoms with Crippen molar-refractivity contribution < 1.29 is 4.79 Å². The summed E-state index contributed by atoms with van der Waals surface area (Å²) in [5.74, 6) is 0.527. The molecule has 0 atom stereocenters. The molecule has 100 valence electrons. The van der Waals surface area contributed by atoms with Crippen LogP contribution in [0.4, 0.5) is 0 Å². The molecule has 3 nitrogen and oxygen atoms in total. The fourth-order valence-corrected chi connectivity index (χ4v) is 2.63. The molecule has 1 aromatic carbocycles. The van der Waals surface area contributed by atoms with Crippen LogP contribution in [-0.4, -0.2) is 17.4 Å². The Kier molecular flexibility index (Phi) is 3.28. The Bertz CT molecular complexity index is 596. The zero-order chi connectivity index (χ0) is 13.2. The van der Waals surface area contributed by atoms with Crippen LogP contribution in [0, 0.1) is 12.8 Å². The van der Waals surface area contributed by atoms with Gasteiger partial charge in [0, 0.05) is 23.7 Å². The van der Waals surface area contributed by atoms with E-state index in [-0.39, 0.29) is 11.8 Å². The summed E-state index contributed by atoms with van der Waals surface area (Å²) in [6, 6.07) is 8.61. The first-order valence-electron chi connectivity index (χ1n) is 7.08. The van der Waals surface area contributed by atoms with Gasteiger partial charge in [0.1, 0.15) is 0 Å². The fourth-order valence-electron chi connectivity index (χ4n) is 2.63. The van der Waals surface area contributed by atoms with Crippen LogP contribution in [0.15, 0.2) is 24.3 Å². The summed E-state index contributed by atoms with van der Waals surface area (Å²) >= 11 is 0. The van der Waals surface area contributed by atoms with E-state index in [1.807, 2.05) is 0 Å². The molecular weight excluding hydrogens is 236 g/mol. The Morgan fingerprint density at radius 1 is 1.37 bits per heavy atom. The molecule has 0 radical (unpaired) electrons. The average Bonchev–Trinajstić information content (AvgIpc) is 2.66. The molecule has 0 bridgehead atoms. The number of fused-ring (bicyclic) bond motifs is 1. The highest BCUT2D eigenvalue weighted by molar-refractivity contribution is 5.81. The summed E-state index contributed by atoms with van der Waals surface area (Å²) < 4.78 is 0. The van der Waals surface area contributed by atoms with Crippen molar-refractivity contribution in [2.75, 3.05) is 6.54 Å². The molecule has 1 aliphatic rings. The van der Waals surface area contributed by atoms with Crippen LogP contribution >= 0.6 is 0 Å². The van der Waals surface area contributed by atoms with Crippen LogP contribution in [0.5, 0.6) is 0 Å². The zero-order valence-electron chi connectivity index (χ0n) is 11.3. The highest BCUT2D eigenvalue weighted by atomic mass is 16.1. The molecule has 2 aromatic rings.